The molecule has 31 heavy (non-hydrogen) atoms. The van der Waals surface area contributed by atoms with E-state index in [9.17, 15) is 4.79 Å². The van der Waals surface area contributed by atoms with Crippen LogP contribution in [0.3, 0.4) is 0 Å². The largest absolute Gasteiger partial charge is 0.494 e. The number of benzene rings is 1. The molecule has 1 N–H and O–H groups in total. The van der Waals surface area contributed by atoms with Gasteiger partial charge in [-0.3, -0.25) is 9.48 Å². The molecule has 1 atom stereocenters. The Labute approximate surface area is 183 Å². The molecule has 0 aliphatic carbocycles. The van der Waals surface area contributed by atoms with Gasteiger partial charge in [0.05, 0.1) is 28.2 Å². The first-order valence-electron chi connectivity index (χ1n) is 10.5. The molecule has 1 aromatic carbocycles. The van der Waals surface area contributed by atoms with Crippen LogP contribution in [-0.2, 0) is 11.3 Å². The van der Waals surface area contributed by atoms with E-state index in [1.807, 2.05) is 49.8 Å². The molecule has 0 radical (unpaired) electrons. The minimum Gasteiger partial charge on any atom is -0.494 e. The number of nitrogens with zero attached hydrogens (tertiary/aromatic N) is 5. The summed E-state index contributed by atoms with van der Waals surface area (Å²) in [5.41, 5.74) is 4.82. The Morgan fingerprint density at radius 1 is 1.23 bits per heavy atom. The lowest BCUT2D eigenvalue weighted by molar-refractivity contribution is -0.116. The smallest absolute Gasteiger partial charge is 0.226 e. The van der Waals surface area contributed by atoms with Crippen molar-refractivity contribution in [3.05, 3.63) is 46.9 Å². The van der Waals surface area contributed by atoms with Crippen molar-refractivity contribution >= 4 is 33.3 Å². The highest BCUT2D eigenvalue weighted by Gasteiger charge is 2.34. The number of ether oxygens (including phenoxy) is 1. The number of aromatic nitrogens is 5. The van der Waals surface area contributed by atoms with E-state index in [0.717, 1.165) is 50.2 Å². The average Bonchev–Trinajstić information content (AvgIpc) is 3.42. The van der Waals surface area contributed by atoms with Crippen molar-refractivity contribution in [3.8, 4) is 10.9 Å². The number of nitrogens with one attached hydrogen (secondary N) is 1. The first-order valence-corrected chi connectivity index (χ1v) is 11.3. The third-order valence-corrected chi connectivity index (χ3v) is 6.62. The summed E-state index contributed by atoms with van der Waals surface area (Å²) in [6.07, 6.45) is 2.43. The molecule has 1 aliphatic rings. The van der Waals surface area contributed by atoms with E-state index < -0.39 is 0 Å². The number of hydrogen-bond donors (Lipinski definition) is 1. The monoisotopic (exact) mass is 436 g/mol. The van der Waals surface area contributed by atoms with E-state index in [4.69, 9.17) is 14.8 Å². The SMILES string of the molecule is CCOc1ccc2nc(-n3nc(C)c4c3NC(=O)CC4c3cn(CC)nc3C)sc2c1. The number of thiazole rings is 1. The van der Waals surface area contributed by atoms with Crippen molar-refractivity contribution in [2.75, 3.05) is 11.9 Å². The molecule has 160 valence electrons. The summed E-state index contributed by atoms with van der Waals surface area (Å²) in [4.78, 5) is 17.4. The first-order chi connectivity index (χ1) is 15.0. The lowest BCUT2D eigenvalue weighted by atomic mass is 9.86. The Morgan fingerprint density at radius 3 is 2.81 bits per heavy atom. The van der Waals surface area contributed by atoms with Crippen LogP contribution in [0.1, 0.15) is 48.7 Å². The second kappa shape index (κ2) is 7.49. The van der Waals surface area contributed by atoms with E-state index in [1.54, 1.807) is 4.68 Å². The van der Waals surface area contributed by atoms with Gasteiger partial charge in [0.2, 0.25) is 11.0 Å². The maximum Gasteiger partial charge on any atom is 0.226 e. The van der Waals surface area contributed by atoms with Crippen molar-refractivity contribution in [1.29, 1.82) is 0 Å². The maximum atomic E-state index is 12.7. The minimum absolute atomic E-state index is 0.0259. The summed E-state index contributed by atoms with van der Waals surface area (Å²) in [5, 5.41) is 13.1. The van der Waals surface area contributed by atoms with Gasteiger partial charge in [-0.2, -0.15) is 14.9 Å². The van der Waals surface area contributed by atoms with Gasteiger partial charge in [-0.25, -0.2) is 4.98 Å². The molecule has 5 rings (SSSR count). The lowest BCUT2D eigenvalue weighted by Crippen LogP contribution is -2.25. The summed E-state index contributed by atoms with van der Waals surface area (Å²) in [6.45, 7) is 9.41. The van der Waals surface area contributed by atoms with Crippen LogP contribution >= 0.6 is 11.3 Å². The third-order valence-electron chi connectivity index (χ3n) is 5.63. The Bertz CT molecular complexity index is 1300. The lowest BCUT2D eigenvalue weighted by Gasteiger charge is -2.23. The number of rotatable bonds is 5. The van der Waals surface area contributed by atoms with Gasteiger partial charge in [-0.15, -0.1) is 0 Å². The number of carbonyl (C=O) groups is 1. The molecule has 0 fully saturated rings. The van der Waals surface area contributed by atoms with Crippen LogP contribution in [0.2, 0.25) is 0 Å². The molecular weight excluding hydrogens is 412 g/mol. The number of fused-ring (bicyclic) bond motifs is 2. The third kappa shape index (κ3) is 3.29. The van der Waals surface area contributed by atoms with Crippen LogP contribution in [0.15, 0.2) is 24.4 Å². The number of carbonyl (C=O) groups excluding carboxylic acids is 1. The van der Waals surface area contributed by atoms with Gasteiger partial charge in [0, 0.05) is 36.2 Å². The number of hydrogen-bond acceptors (Lipinski definition) is 6. The molecule has 4 heterocycles. The molecule has 9 heteroatoms. The Kier molecular flexibility index (Phi) is 4.77. The van der Waals surface area contributed by atoms with Crippen LogP contribution in [0, 0.1) is 13.8 Å². The number of amides is 1. The molecule has 3 aromatic heterocycles. The van der Waals surface area contributed by atoms with E-state index in [-0.39, 0.29) is 11.8 Å². The van der Waals surface area contributed by atoms with Crippen molar-refractivity contribution in [3.63, 3.8) is 0 Å². The predicted octanol–water partition coefficient (Wildman–Crippen LogP) is 4.19. The van der Waals surface area contributed by atoms with Crippen molar-refractivity contribution in [1.82, 2.24) is 24.5 Å². The summed E-state index contributed by atoms with van der Waals surface area (Å²) in [6, 6.07) is 5.87. The second-order valence-corrected chi connectivity index (χ2v) is 8.66. The standard InChI is InChI=1S/C22H24N6O2S/c1-5-27-11-16(12(3)25-27)15-10-19(29)24-21-20(15)13(4)26-28(21)22-23-17-8-7-14(30-6-2)9-18(17)31-22/h7-9,11,15H,5-6,10H2,1-4H3,(H,24,29). The quantitative estimate of drug-likeness (QED) is 0.507. The van der Waals surface area contributed by atoms with Crippen molar-refractivity contribution in [2.45, 2.75) is 46.6 Å². The van der Waals surface area contributed by atoms with Gasteiger partial charge >= 0.3 is 0 Å². The number of aryl methyl sites for hydroxylation is 3. The number of anilines is 1. The molecule has 8 nitrogen and oxygen atoms in total. The Morgan fingerprint density at radius 2 is 2.06 bits per heavy atom. The topological polar surface area (TPSA) is 86.9 Å². The van der Waals surface area contributed by atoms with Gasteiger partial charge in [-0.05, 0) is 45.9 Å². The molecule has 4 aromatic rings. The molecule has 0 saturated heterocycles. The van der Waals surface area contributed by atoms with E-state index in [1.165, 1.54) is 11.3 Å². The van der Waals surface area contributed by atoms with Crippen LogP contribution < -0.4 is 10.1 Å². The van der Waals surface area contributed by atoms with Crippen LogP contribution in [-0.4, -0.2) is 37.1 Å². The Hall–Kier alpha value is -3.20. The maximum absolute atomic E-state index is 12.7. The summed E-state index contributed by atoms with van der Waals surface area (Å²) in [5.74, 6) is 1.42. The summed E-state index contributed by atoms with van der Waals surface area (Å²) in [7, 11) is 0. The van der Waals surface area contributed by atoms with Gasteiger partial charge in [0.1, 0.15) is 11.6 Å². The van der Waals surface area contributed by atoms with Crippen LogP contribution in [0.4, 0.5) is 5.82 Å². The highest BCUT2D eigenvalue weighted by molar-refractivity contribution is 7.20. The van der Waals surface area contributed by atoms with Crippen LogP contribution in [0.5, 0.6) is 5.75 Å². The summed E-state index contributed by atoms with van der Waals surface area (Å²) >= 11 is 1.53. The normalized spacial score (nSPS) is 15.9. The Balaban J connectivity index is 1.62. The molecule has 0 bridgehead atoms. The molecule has 1 unspecified atom stereocenters. The molecule has 0 spiro atoms. The van der Waals surface area contributed by atoms with E-state index in [0.29, 0.717) is 18.8 Å². The van der Waals surface area contributed by atoms with Crippen molar-refractivity contribution in [2.24, 2.45) is 0 Å². The molecule has 0 saturated carbocycles. The second-order valence-electron chi connectivity index (χ2n) is 7.65. The zero-order valence-corrected chi connectivity index (χ0v) is 18.8. The van der Waals surface area contributed by atoms with E-state index >= 15 is 0 Å². The molecule has 1 aliphatic heterocycles. The zero-order chi connectivity index (χ0) is 21.7. The van der Waals surface area contributed by atoms with Gasteiger partial charge < -0.3 is 10.1 Å². The molecule has 1 amide bonds. The predicted molar refractivity (Wildman–Crippen MR) is 120 cm³/mol. The fraction of sp³-hybridized carbons (Fsp3) is 0.364. The summed E-state index contributed by atoms with van der Waals surface area (Å²) < 4.78 is 10.3. The van der Waals surface area contributed by atoms with Crippen LogP contribution in [0.25, 0.3) is 15.3 Å². The van der Waals surface area contributed by atoms with Gasteiger partial charge in [-0.1, -0.05) is 11.3 Å². The fourth-order valence-corrected chi connectivity index (χ4v) is 5.18. The zero-order valence-electron chi connectivity index (χ0n) is 18.0. The first kappa shape index (κ1) is 19.7. The molecular formula is C22H24N6O2S. The average molecular weight is 437 g/mol. The highest BCUT2D eigenvalue weighted by atomic mass is 32.1. The van der Waals surface area contributed by atoms with Gasteiger partial charge in [0.25, 0.3) is 0 Å². The highest BCUT2D eigenvalue weighted by Crippen LogP contribution is 2.42. The van der Waals surface area contributed by atoms with Gasteiger partial charge in [0.15, 0.2) is 0 Å². The van der Waals surface area contributed by atoms with Crippen molar-refractivity contribution < 1.29 is 9.53 Å². The van der Waals surface area contributed by atoms with E-state index in [2.05, 4.69) is 17.3 Å². The fourth-order valence-electron chi connectivity index (χ4n) is 4.23. The minimum atomic E-state index is -0.0725.